The maximum Gasteiger partial charge on any atom is 0.407 e. The summed E-state index contributed by atoms with van der Waals surface area (Å²) in [4.78, 5) is 36.6. The molecule has 0 aliphatic heterocycles. The fourth-order valence-corrected chi connectivity index (χ4v) is 10.0. The summed E-state index contributed by atoms with van der Waals surface area (Å²) in [6.07, 6.45) is 15.5. The second-order valence-corrected chi connectivity index (χ2v) is 15.4. The van der Waals surface area contributed by atoms with Gasteiger partial charge in [0.25, 0.3) is 0 Å². The summed E-state index contributed by atoms with van der Waals surface area (Å²) in [5.41, 5.74) is 2.19. The van der Waals surface area contributed by atoms with Gasteiger partial charge in [0.2, 0.25) is 0 Å². The van der Waals surface area contributed by atoms with Crippen LogP contribution in [-0.2, 0) is 14.3 Å². The van der Waals surface area contributed by atoms with E-state index in [1.165, 1.54) is 56.9 Å². The van der Waals surface area contributed by atoms with E-state index < -0.39 is 18.0 Å². The van der Waals surface area contributed by atoms with Gasteiger partial charge in [0, 0.05) is 19.5 Å². The van der Waals surface area contributed by atoms with E-state index in [2.05, 4.69) is 51.3 Å². The highest BCUT2D eigenvalue weighted by molar-refractivity contribution is 6.33. The molecule has 1 aromatic carbocycles. The minimum absolute atomic E-state index is 0.104. The topological polar surface area (TPSA) is 93.7 Å². The molecule has 4 aliphatic carbocycles. The Kier molecular flexibility index (Phi) is 10.7. The molecule has 7 heteroatoms. The first kappa shape index (κ1) is 33.5. The summed E-state index contributed by atoms with van der Waals surface area (Å²) >= 11 is 0. The third kappa shape index (κ3) is 7.44. The van der Waals surface area contributed by atoms with Crippen LogP contribution in [0.4, 0.5) is 4.79 Å². The number of hydrogen-bond acceptors (Lipinski definition) is 5. The summed E-state index contributed by atoms with van der Waals surface area (Å²) in [6, 6.07) is 8.43. The van der Waals surface area contributed by atoms with Crippen LogP contribution < -0.4 is 15.4 Å². The average molecular weight is 621 g/mol. The van der Waals surface area contributed by atoms with Gasteiger partial charge >= 0.3 is 18.0 Å². The Hall–Kier alpha value is -2.83. The molecule has 3 saturated carbocycles. The summed E-state index contributed by atoms with van der Waals surface area (Å²) in [6.45, 7) is 12.7. The lowest BCUT2D eigenvalue weighted by atomic mass is 9.47. The molecule has 0 aromatic heterocycles. The van der Waals surface area contributed by atoms with Gasteiger partial charge in [-0.1, -0.05) is 83.7 Å². The molecule has 4 aliphatic rings. The van der Waals surface area contributed by atoms with Crippen LogP contribution in [0.5, 0.6) is 5.75 Å². The zero-order chi connectivity index (χ0) is 32.2. The molecule has 0 spiro atoms. The van der Waals surface area contributed by atoms with E-state index in [1.54, 1.807) is 30.3 Å². The molecule has 1 unspecified atom stereocenters. The molecule has 2 amide bonds. The molecular weight excluding hydrogens is 564 g/mol. The van der Waals surface area contributed by atoms with Crippen molar-refractivity contribution in [3.8, 4) is 5.75 Å². The number of ether oxygens (including phenoxy) is 2. The predicted octanol–water partition coefficient (Wildman–Crippen LogP) is 7.84. The molecule has 45 heavy (non-hydrogen) atoms. The van der Waals surface area contributed by atoms with Crippen LogP contribution in [0.2, 0.25) is 0 Å². The van der Waals surface area contributed by atoms with Gasteiger partial charge in [0.1, 0.15) is 11.9 Å². The van der Waals surface area contributed by atoms with Crippen LogP contribution in [0, 0.1) is 46.3 Å². The first-order valence-corrected chi connectivity index (χ1v) is 17.7. The zero-order valence-corrected chi connectivity index (χ0v) is 28.2. The Bertz CT molecular complexity index is 1230. The number of para-hydroxylation sites is 1. The highest BCUT2D eigenvalue weighted by Gasteiger charge is 2.59. The van der Waals surface area contributed by atoms with Gasteiger partial charge in [-0.15, -0.1) is 0 Å². The molecule has 1 aromatic rings. The molecule has 8 atom stereocenters. The first-order chi connectivity index (χ1) is 21.5. The van der Waals surface area contributed by atoms with E-state index in [0.29, 0.717) is 11.2 Å². The molecular formula is C38H56N2O5. The third-order valence-corrected chi connectivity index (χ3v) is 12.4. The molecule has 7 nitrogen and oxygen atoms in total. The lowest BCUT2D eigenvalue weighted by molar-refractivity contribution is -0.148. The Morgan fingerprint density at radius 3 is 2.42 bits per heavy atom. The van der Waals surface area contributed by atoms with Gasteiger partial charge in [-0.2, -0.15) is 0 Å². The lowest BCUT2D eigenvalue weighted by Crippen LogP contribution is -2.51. The number of hydrogen-bond donors (Lipinski definition) is 2. The monoisotopic (exact) mass is 620 g/mol. The number of alkyl carbamates (subject to hydrolysis) is 1. The molecule has 0 heterocycles. The zero-order valence-electron chi connectivity index (χ0n) is 28.2. The maximum atomic E-state index is 12.6. The van der Waals surface area contributed by atoms with Gasteiger partial charge in [0.05, 0.1) is 0 Å². The number of esters is 1. The first-order valence-electron chi connectivity index (χ1n) is 17.7. The summed E-state index contributed by atoms with van der Waals surface area (Å²) in [5.74, 6) is 3.32. The number of fused-ring (bicyclic) bond motifs is 5. The van der Waals surface area contributed by atoms with Gasteiger partial charge in [-0.3, -0.25) is 4.79 Å². The highest BCUT2D eigenvalue weighted by atomic mass is 16.6. The van der Waals surface area contributed by atoms with E-state index in [9.17, 15) is 14.4 Å². The normalized spacial score (nSPS) is 32.8. The van der Waals surface area contributed by atoms with Crippen molar-refractivity contribution in [2.24, 2.45) is 46.3 Å². The van der Waals surface area contributed by atoms with Crippen LogP contribution >= 0.6 is 0 Å². The number of carbonyl (C=O) groups excluding carboxylic acids is 3. The number of allylic oxidation sites excluding steroid dienone is 1. The second kappa shape index (κ2) is 14.3. The fourth-order valence-electron chi connectivity index (χ4n) is 10.0. The molecule has 0 bridgehead atoms. The minimum Gasteiger partial charge on any atom is -0.446 e. The smallest absolute Gasteiger partial charge is 0.407 e. The standard InChI is InChI=1S/C38H56N2O5/c1-25(2)10-9-11-26(3)31-16-17-32-30-15-14-27-24-29(18-20-37(27,4)33(30)19-21-38(31,32)5)45-36(43)40-23-22-39-34(41)35(42)44-28-12-7-6-8-13-28/h6-8,12-14,25-26,29-33H,9-11,15-24H2,1-5H3,(H,39,41)(H,40,43)/t26-,29?,30+,31-,32+,33+,37+,38-/m1/s1. The van der Waals surface area contributed by atoms with E-state index >= 15 is 0 Å². The van der Waals surface area contributed by atoms with Gasteiger partial charge in [-0.05, 0) is 103 Å². The summed E-state index contributed by atoms with van der Waals surface area (Å²) in [5, 5.41) is 5.19. The number of carbonyl (C=O) groups is 3. The molecule has 0 radical (unpaired) electrons. The van der Waals surface area contributed by atoms with Crippen molar-refractivity contribution in [2.45, 2.75) is 111 Å². The number of rotatable bonds is 10. The predicted molar refractivity (Wildman–Crippen MR) is 176 cm³/mol. The Morgan fingerprint density at radius 1 is 0.911 bits per heavy atom. The second-order valence-electron chi connectivity index (χ2n) is 15.4. The Labute approximate surface area is 270 Å². The third-order valence-electron chi connectivity index (χ3n) is 12.4. The van der Waals surface area contributed by atoms with Crippen molar-refractivity contribution in [1.29, 1.82) is 0 Å². The van der Waals surface area contributed by atoms with Crippen LogP contribution in [0.25, 0.3) is 0 Å². The minimum atomic E-state index is -0.987. The Balaban J connectivity index is 1.08. The summed E-state index contributed by atoms with van der Waals surface area (Å²) in [7, 11) is 0. The summed E-state index contributed by atoms with van der Waals surface area (Å²) < 4.78 is 10.9. The van der Waals surface area contributed by atoms with Crippen molar-refractivity contribution in [3.63, 3.8) is 0 Å². The Morgan fingerprint density at radius 2 is 1.67 bits per heavy atom. The van der Waals surface area contributed by atoms with E-state index in [4.69, 9.17) is 9.47 Å². The van der Waals surface area contributed by atoms with Crippen LogP contribution in [0.15, 0.2) is 42.0 Å². The van der Waals surface area contributed by atoms with Gasteiger partial charge in [0.15, 0.2) is 0 Å². The number of nitrogens with one attached hydrogen (secondary N) is 2. The van der Waals surface area contributed by atoms with Crippen molar-refractivity contribution in [1.82, 2.24) is 10.6 Å². The molecule has 3 fully saturated rings. The molecule has 5 rings (SSSR count). The molecule has 2 N–H and O–H groups in total. The molecule has 248 valence electrons. The van der Waals surface area contributed by atoms with Crippen molar-refractivity contribution < 1.29 is 23.9 Å². The van der Waals surface area contributed by atoms with Crippen LogP contribution in [-0.4, -0.2) is 37.2 Å². The van der Waals surface area contributed by atoms with Crippen LogP contribution in [0.3, 0.4) is 0 Å². The van der Waals surface area contributed by atoms with E-state index in [1.807, 2.05) is 0 Å². The van der Waals surface area contributed by atoms with Gasteiger partial charge < -0.3 is 20.1 Å². The molecule has 0 saturated heterocycles. The van der Waals surface area contributed by atoms with Crippen LogP contribution in [0.1, 0.15) is 105 Å². The van der Waals surface area contributed by atoms with Crippen molar-refractivity contribution in [3.05, 3.63) is 42.0 Å². The number of benzene rings is 1. The van der Waals surface area contributed by atoms with E-state index in [-0.39, 0.29) is 24.6 Å². The van der Waals surface area contributed by atoms with Gasteiger partial charge in [-0.25, -0.2) is 9.59 Å². The maximum absolute atomic E-state index is 12.6. The lowest BCUT2D eigenvalue weighted by Gasteiger charge is -2.58. The SMILES string of the molecule is CC(C)CCC[C@@H](C)[C@H]1CC[C@H]2[C@@H]3CC=C4CC(OC(=O)NCCNC(=O)C(=O)Oc5ccccc5)CC[C@]4(C)[C@H]3CC[C@]12C. The van der Waals surface area contributed by atoms with E-state index in [0.717, 1.165) is 54.8 Å². The average Bonchev–Trinajstić information content (AvgIpc) is 3.37. The highest BCUT2D eigenvalue weighted by Crippen LogP contribution is 2.67. The quantitative estimate of drug-likeness (QED) is 0.0914. The van der Waals surface area contributed by atoms with Crippen molar-refractivity contribution >= 4 is 18.0 Å². The van der Waals surface area contributed by atoms with Crippen molar-refractivity contribution in [2.75, 3.05) is 13.1 Å². The fraction of sp³-hybridized carbons (Fsp3) is 0.711. The largest absolute Gasteiger partial charge is 0.446 e. The number of amides is 2.